The van der Waals surface area contributed by atoms with E-state index in [2.05, 4.69) is 9.72 Å². The van der Waals surface area contributed by atoms with E-state index in [-0.39, 0.29) is 18.1 Å². The van der Waals surface area contributed by atoms with Gasteiger partial charge in [0, 0.05) is 12.4 Å². The maximum Gasteiger partial charge on any atom is 0.573 e. The first-order valence-corrected chi connectivity index (χ1v) is 8.50. The molecular weight excluding hydrogens is 375 g/mol. The van der Waals surface area contributed by atoms with Crippen molar-refractivity contribution < 1.29 is 23.0 Å². The summed E-state index contributed by atoms with van der Waals surface area (Å²) in [5, 5.41) is 10.4. The van der Waals surface area contributed by atoms with E-state index in [1.807, 2.05) is 13.0 Å². The molecule has 3 rings (SSSR count). The molecule has 0 saturated carbocycles. The van der Waals surface area contributed by atoms with Gasteiger partial charge in [-0.05, 0) is 54.8 Å². The average Bonchev–Trinajstić information content (AvgIpc) is 2.85. The number of pyridine rings is 1. The monoisotopic (exact) mass is 393 g/mol. The second-order valence-electron chi connectivity index (χ2n) is 6.15. The number of benzene rings is 1. The van der Waals surface area contributed by atoms with Crippen LogP contribution in [0, 0.1) is 6.92 Å². The lowest BCUT2D eigenvalue weighted by molar-refractivity contribution is -0.274. The van der Waals surface area contributed by atoms with Gasteiger partial charge in [0.25, 0.3) is 0 Å². The molecule has 0 aliphatic carbocycles. The fourth-order valence-electron chi connectivity index (χ4n) is 2.95. The van der Waals surface area contributed by atoms with Crippen molar-refractivity contribution in [3.05, 3.63) is 70.0 Å². The normalized spacial score (nSPS) is 11.6. The Kier molecular flexibility index (Phi) is 5.17. The van der Waals surface area contributed by atoms with Gasteiger partial charge in [-0.3, -0.25) is 9.55 Å². The molecule has 0 fully saturated rings. The Morgan fingerprint density at radius 3 is 2.43 bits per heavy atom. The Morgan fingerprint density at radius 2 is 1.82 bits per heavy atom. The van der Waals surface area contributed by atoms with Crippen molar-refractivity contribution in [2.45, 2.75) is 33.2 Å². The van der Waals surface area contributed by atoms with Gasteiger partial charge in [0.15, 0.2) is 0 Å². The van der Waals surface area contributed by atoms with Crippen LogP contribution in [-0.4, -0.2) is 25.6 Å². The number of aromatic nitrogens is 3. The first-order chi connectivity index (χ1) is 13.2. The van der Waals surface area contributed by atoms with E-state index in [9.17, 15) is 23.1 Å². The van der Waals surface area contributed by atoms with Crippen molar-refractivity contribution in [1.29, 1.82) is 0 Å². The van der Waals surface area contributed by atoms with E-state index in [4.69, 9.17) is 0 Å². The fraction of sp³-hybridized carbons (Fsp3) is 0.263. The first-order valence-electron chi connectivity index (χ1n) is 8.50. The Labute approximate surface area is 158 Å². The summed E-state index contributed by atoms with van der Waals surface area (Å²) < 4.78 is 43.2. The third-order valence-corrected chi connectivity index (χ3v) is 4.40. The van der Waals surface area contributed by atoms with Crippen LogP contribution in [0.15, 0.2) is 47.5 Å². The minimum atomic E-state index is -4.80. The summed E-state index contributed by atoms with van der Waals surface area (Å²) in [6.45, 7) is 3.82. The Bertz CT molecular complexity index is 1040. The van der Waals surface area contributed by atoms with E-state index < -0.39 is 17.8 Å². The largest absolute Gasteiger partial charge is 0.573 e. The van der Waals surface area contributed by atoms with Gasteiger partial charge in [-0.1, -0.05) is 6.92 Å². The number of alkyl halides is 3. The highest BCUT2D eigenvalue weighted by atomic mass is 19.4. The van der Waals surface area contributed by atoms with Gasteiger partial charge >= 0.3 is 12.1 Å². The molecule has 148 valence electrons. The van der Waals surface area contributed by atoms with Crippen LogP contribution < -0.4 is 10.4 Å². The first kappa shape index (κ1) is 19.5. The number of imidazole rings is 1. The molecule has 6 nitrogen and oxygen atoms in total. The minimum absolute atomic E-state index is 0.226. The van der Waals surface area contributed by atoms with Crippen molar-refractivity contribution in [2.75, 3.05) is 0 Å². The number of hydrogen-bond donors (Lipinski definition) is 1. The number of halogens is 3. The number of nitrogens with zero attached hydrogens (tertiary/aromatic N) is 3. The summed E-state index contributed by atoms with van der Waals surface area (Å²) in [6, 6.07) is 6.52. The summed E-state index contributed by atoms with van der Waals surface area (Å²) in [6.07, 6.45) is -0.705. The van der Waals surface area contributed by atoms with Crippen molar-refractivity contribution >= 4 is 0 Å². The molecule has 9 heteroatoms. The molecule has 1 N–H and O–H groups in total. The summed E-state index contributed by atoms with van der Waals surface area (Å²) in [7, 11) is 0. The number of rotatable bonds is 5. The molecule has 3 aromatic rings. The summed E-state index contributed by atoms with van der Waals surface area (Å²) in [4.78, 5) is 16.9. The number of aryl methyl sites for hydroxylation is 1. The number of hydrogen-bond acceptors (Lipinski definition) is 4. The van der Waals surface area contributed by atoms with Crippen LogP contribution in [0.4, 0.5) is 13.2 Å². The molecule has 0 radical (unpaired) electrons. The van der Waals surface area contributed by atoms with Crippen LogP contribution in [0.25, 0.3) is 5.69 Å². The van der Waals surface area contributed by atoms with Crippen LogP contribution in [0.1, 0.15) is 23.7 Å². The average molecular weight is 393 g/mol. The van der Waals surface area contributed by atoms with Crippen LogP contribution in [0.3, 0.4) is 0 Å². The molecule has 1 aromatic carbocycles. The SMILES string of the molecule is CCc1cnccc1Cn1c(C)c(O)n(-c2ccc(OC(F)(F)F)cc2)c1=O. The maximum absolute atomic E-state index is 12.9. The maximum atomic E-state index is 12.9. The summed E-state index contributed by atoms with van der Waals surface area (Å²) in [5.74, 6) is -0.689. The van der Waals surface area contributed by atoms with E-state index in [0.29, 0.717) is 5.69 Å². The Hall–Kier alpha value is -3.23. The molecule has 0 saturated heterocycles. The summed E-state index contributed by atoms with van der Waals surface area (Å²) in [5.41, 5.74) is 1.95. The molecule has 0 amide bonds. The van der Waals surface area contributed by atoms with E-state index in [1.165, 1.54) is 16.7 Å². The van der Waals surface area contributed by atoms with Crippen molar-refractivity contribution in [2.24, 2.45) is 0 Å². The number of aromatic hydroxyl groups is 1. The summed E-state index contributed by atoms with van der Waals surface area (Å²) >= 11 is 0. The number of ether oxygens (including phenoxy) is 1. The molecule has 28 heavy (non-hydrogen) atoms. The molecule has 0 atom stereocenters. The predicted molar refractivity (Wildman–Crippen MR) is 95.8 cm³/mol. The van der Waals surface area contributed by atoms with Gasteiger partial charge in [0.05, 0.1) is 17.9 Å². The van der Waals surface area contributed by atoms with Gasteiger partial charge in [0.1, 0.15) is 5.75 Å². The van der Waals surface area contributed by atoms with Crippen LogP contribution in [0.5, 0.6) is 11.6 Å². The second kappa shape index (κ2) is 7.41. The highest BCUT2D eigenvalue weighted by molar-refractivity contribution is 5.41. The molecular formula is C19H18F3N3O3. The topological polar surface area (TPSA) is 69.3 Å². The Balaban J connectivity index is 1.98. The predicted octanol–water partition coefficient (Wildman–Crippen LogP) is 3.56. The lowest BCUT2D eigenvalue weighted by atomic mass is 10.1. The molecule has 2 heterocycles. The fourth-order valence-corrected chi connectivity index (χ4v) is 2.95. The van der Waals surface area contributed by atoms with Crippen molar-refractivity contribution in [3.63, 3.8) is 0 Å². The zero-order chi connectivity index (χ0) is 20.5. The third kappa shape index (κ3) is 3.88. The molecule has 0 aliphatic heterocycles. The van der Waals surface area contributed by atoms with Gasteiger partial charge in [-0.2, -0.15) is 0 Å². The lowest BCUT2D eigenvalue weighted by Crippen LogP contribution is -2.24. The third-order valence-electron chi connectivity index (χ3n) is 4.40. The highest BCUT2D eigenvalue weighted by Gasteiger charge is 2.31. The van der Waals surface area contributed by atoms with Crippen LogP contribution in [0.2, 0.25) is 0 Å². The molecule has 0 spiro atoms. The molecule has 2 aromatic heterocycles. The molecule has 0 unspecified atom stereocenters. The van der Waals surface area contributed by atoms with Crippen LogP contribution >= 0.6 is 0 Å². The van der Waals surface area contributed by atoms with Gasteiger partial charge in [-0.25, -0.2) is 9.36 Å². The van der Waals surface area contributed by atoms with E-state index in [1.54, 1.807) is 19.3 Å². The van der Waals surface area contributed by atoms with Crippen LogP contribution in [-0.2, 0) is 13.0 Å². The van der Waals surface area contributed by atoms with Crippen molar-refractivity contribution in [3.8, 4) is 17.3 Å². The second-order valence-corrected chi connectivity index (χ2v) is 6.15. The zero-order valence-electron chi connectivity index (χ0n) is 15.2. The van der Waals surface area contributed by atoms with Gasteiger partial charge in [-0.15, -0.1) is 13.2 Å². The van der Waals surface area contributed by atoms with E-state index in [0.717, 1.165) is 34.2 Å². The van der Waals surface area contributed by atoms with E-state index >= 15 is 0 Å². The highest BCUT2D eigenvalue weighted by Crippen LogP contribution is 2.26. The molecule has 0 aliphatic rings. The molecule has 0 bridgehead atoms. The smallest absolute Gasteiger partial charge is 0.493 e. The van der Waals surface area contributed by atoms with Gasteiger partial charge < -0.3 is 9.84 Å². The van der Waals surface area contributed by atoms with Crippen molar-refractivity contribution in [1.82, 2.24) is 14.1 Å². The minimum Gasteiger partial charge on any atom is -0.493 e. The quantitative estimate of drug-likeness (QED) is 0.720. The van der Waals surface area contributed by atoms with Gasteiger partial charge in [0.2, 0.25) is 5.88 Å². The Morgan fingerprint density at radius 1 is 1.14 bits per heavy atom. The lowest BCUT2D eigenvalue weighted by Gasteiger charge is -2.09. The standard InChI is InChI=1S/C19H18F3N3O3/c1-3-13-10-23-9-8-14(13)11-24-12(2)17(26)25(18(24)27)15-4-6-16(7-5-15)28-19(20,21)22/h4-10,26H,3,11H2,1-2H3. The zero-order valence-corrected chi connectivity index (χ0v) is 15.2.